The van der Waals surface area contributed by atoms with Gasteiger partial charge in [-0.05, 0) is 46.6 Å². The highest BCUT2D eigenvalue weighted by molar-refractivity contribution is 7.78. The molecule has 37 heavy (non-hydrogen) atoms. The lowest BCUT2D eigenvalue weighted by atomic mass is 10.1. The Kier molecular flexibility index (Phi) is 4.70. The molecule has 0 fully saturated rings. The molecule has 0 amide bonds. The summed E-state index contributed by atoms with van der Waals surface area (Å²) in [6.07, 6.45) is 19.9. The van der Waals surface area contributed by atoms with Crippen LogP contribution in [0.1, 0.15) is 67.1 Å². The van der Waals surface area contributed by atoms with E-state index >= 15 is 0 Å². The van der Waals surface area contributed by atoms with Crippen molar-refractivity contribution in [2.75, 3.05) is 0 Å². The highest BCUT2D eigenvalue weighted by atomic mass is 31.2. The summed E-state index contributed by atoms with van der Waals surface area (Å²) < 4.78 is 0. The van der Waals surface area contributed by atoms with E-state index in [1.807, 2.05) is 0 Å². The van der Waals surface area contributed by atoms with Crippen LogP contribution in [0.25, 0.3) is 24.3 Å². The minimum Gasteiger partial charge on any atom is -0.0618 e. The Morgan fingerprint density at radius 1 is 0.324 bits per heavy atom. The minimum atomic E-state index is -1.96. The summed E-state index contributed by atoms with van der Waals surface area (Å²) in [7, 11) is -1.96. The topological polar surface area (TPSA) is 0 Å². The average molecular weight is 492 g/mol. The molecule has 0 heterocycles. The summed E-state index contributed by atoms with van der Waals surface area (Å²) in [4.78, 5) is 0. The van der Waals surface area contributed by atoms with Gasteiger partial charge in [0, 0.05) is 22.3 Å². The molecule has 0 spiro atoms. The number of allylic oxidation sites excluding steroid dienone is 4. The average Bonchev–Trinajstić information content (AvgIpc) is 3.75. The van der Waals surface area contributed by atoms with E-state index in [0.717, 1.165) is 0 Å². The van der Waals surface area contributed by atoms with E-state index in [9.17, 15) is 0 Å². The third-order valence-electron chi connectivity index (χ3n) is 9.02. The highest BCUT2D eigenvalue weighted by Gasteiger charge is 2.64. The maximum Gasteiger partial charge on any atom is 0.116 e. The van der Waals surface area contributed by atoms with Crippen LogP contribution in [0.5, 0.6) is 0 Å². The summed E-state index contributed by atoms with van der Waals surface area (Å²) >= 11 is 0. The maximum atomic E-state index is 2.57. The van der Waals surface area contributed by atoms with Crippen molar-refractivity contribution in [2.45, 2.75) is 22.6 Å². The first-order valence-corrected chi connectivity index (χ1v) is 15.4. The Labute approximate surface area is 219 Å². The molecular formula is C36H28P+. The van der Waals surface area contributed by atoms with Gasteiger partial charge in [0.2, 0.25) is 0 Å². The second-order valence-electron chi connectivity index (χ2n) is 10.6. The van der Waals surface area contributed by atoms with Crippen LogP contribution in [0, 0.1) is 0 Å². The third kappa shape index (κ3) is 2.94. The van der Waals surface area contributed by atoms with Gasteiger partial charge in [0.15, 0.2) is 0 Å². The lowest BCUT2D eigenvalue weighted by molar-refractivity contribution is 0.982. The molecule has 0 saturated carbocycles. The first-order chi connectivity index (χ1) is 18.4. The molecule has 0 N–H and O–H groups in total. The lowest BCUT2D eigenvalue weighted by Gasteiger charge is -2.45. The SMILES string of the molecule is C1=CC([P+](C2C=Cc3ccccc32)(C2C=Cc3ccccc32)C2C=Cc3ccccc32)c2ccccc21. The summed E-state index contributed by atoms with van der Waals surface area (Å²) in [5.74, 6) is 0. The predicted molar refractivity (Wildman–Crippen MR) is 160 cm³/mol. The molecule has 4 aromatic carbocycles. The first kappa shape index (κ1) is 21.4. The molecular weight excluding hydrogens is 463 g/mol. The molecule has 1 heteroatoms. The summed E-state index contributed by atoms with van der Waals surface area (Å²) in [6, 6.07) is 36.5. The fourth-order valence-corrected chi connectivity index (χ4v) is 14.0. The molecule has 0 aromatic heterocycles. The van der Waals surface area contributed by atoms with Gasteiger partial charge in [-0.1, -0.05) is 121 Å². The van der Waals surface area contributed by atoms with E-state index in [4.69, 9.17) is 0 Å². The van der Waals surface area contributed by atoms with Gasteiger partial charge in [-0.3, -0.25) is 0 Å². The first-order valence-electron chi connectivity index (χ1n) is 13.3. The van der Waals surface area contributed by atoms with Gasteiger partial charge in [-0.15, -0.1) is 0 Å². The van der Waals surface area contributed by atoms with Crippen LogP contribution in [-0.4, -0.2) is 0 Å². The zero-order valence-corrected chi connectivity index (χ0v) is 21.5. The molecule has 4 unspecified atom stereocenters. The van der Waals surface area contributed by atoms with Crippen molar-refractivity contribution in [1.82, 2.24) is 0 Å². The van der Waals surface area contributed by atoms with Gasteiger partial charge in [0.25, 0.3) is 0 Å². The van der Waals surface area contributed by atoms with Gasteiger partial charge >= 0.3 is 0 Å². The molecule has 0 aliphatic heterocycles. The molecule has 0 bridgehead atoms. The van der Waals surface area contributed by atoms with Crippen molar-refractivity contribution in [3.63, 3.8) is 0 Å². The predicted octanol–water partition coefficient (Wildman–Crippen LogP) is 10.1. The Morgan fingerprint density at radius 3 is 0.838 bits per heavy atom. The standard InChI is InChI=1S/C36H28P/c1-5-13-29-25(9-1)17-21-33(29)37(34-22-18-26-10-2-6-14-30(26)34,35-23-19-27-11-3-7-15-31(27)35)36-24-20-28-12-4-8-16-32(28)36/h1-24,33-36H/q+1. The van der Waals surface area contributed by atoms with Crippen LogP contribution in [0.4, 0.5) is 0 Å². The minimum absolute atomic E-state index is 0.381. The van der Waals surface area contributed by atoms with Crippen molar-refractivity contribution >= 4 is 31.6 Å². The van der Waals surface area contributed by atoms with E-state index in [1.54, 1.807) is 0 Å². The van der Waals surface area contributed by atoms with Gasteiger partial charge in [-0.2, -0.15) is 0 Å². The van der Waals surface area contributed by atoms with E-state index in [1.165, 1.54) is 44.5 Å². The molecule has 0 radical (unpaired) electrons. The van der Waals surface area contributed by atoms with E-state index in [2.05, 4.69) is 146 Å². The number of fused-ring (bicyclic) bond motifs is 4. The largest absolute Gasteiger partial charge is 0.116 e. The summed E-state index contributed by atoms with van der Waals surface area (Å²) in [5, 5.41) is 0. The number of hydrogen-bond acceptors (Lipinski definition) is 0. The Balaban J connectivity index is 1.47. The Hall–Kier alpha value is -3.73. The van der Waals surface area contributed by atoms with Crippen LogP contribution in [0.2, 0.25) is 0 Å². The molecule has 4 aliphatic carbocycles. The van der Waals surface area contributed by atoms with Crippen LogP contribution < -0.4 is 0 Å². The molecule has 8 rings (SSSR count). The Morgan fingerprint density at radius 2 is 0.568 bits per heavy atom. The zero-order valence-electron chi connectivity index (χ0n) is 20.6. The van der Waals surface area contributed by atoms with Crippen molar-refractivity contribution < 1.29 is 0 Å². The van der Waals surface area contributed by atoms with Crippen LogP contribution >= 0.6 is 7.26 Å². The quantitative estimate of drug-likeness (QED) is 0.249. The van der Waals surface area contributed by atoms with Crippen molar-refractivity contribution in [1.29, 1.82) is 0 Å². The van der Waals surface area contributed by atoms with Crippen molar-refractivity contribution in [3.8, 4) is 0 Å². The number of rotatable bonds is 4. The monoisotopic (exact) mass is 491 g/mol. The van der Waals surface area contributed by atoms with Crippen LogP contribution in [-0.2, 0) is 0 Å². The smallest absolute Gasteiger partial charge is 0.0618 e. The molecule has 4 atom stereocenters. The van der Waals surface area contributed by atoms with E-state index < -0.39 is 7.26 Å². The zero-order chi connectivity index (χ0) is 24.4. The van der Waals surface area contributed by atoms with Crippen LogP contribution in [0.15, 0.2) is 121 Å². The molecule has 176 valence electrons. The van der Waals surface area contributed by atoms with E-state index in [-0.39, 0.29) is 0 Å². The van der Waals surface area contributed by atoms with Crippen LogP contribution in [0.3, 0.4) is 0 Å². The maximum absolute atomic E-state index is 2.57. The van der Waals surface area contributed by atoms with Gasteiger partial charge in [-0.25, -0.2) is 0 Å². The summed E-state index contributed by atoms with van der Waals surface area (Å²) in [5.41, 5.74) is 13.1. The van der Waals surface area contributed by atoms with E-state index in [0.29, 0.717) is 22.6 Å². The fourth-order valence-electron chi connectivity index (χ4n) is 7.52. The second-order valence-corrected chi connectivity index (χ2v) is 14.6. The second kappa shape index (κ2) is 8.14. The third-order valence-corrected chi connectivity index (χ3v) is 14.7. The fraction of sp³-hybridized carbons (Fsp3) is 0.111. The molecule has 0 saturated heterocycles. The highest BCUT2D eigenvalue weighted by Crippen LogP contribution is 2.94. The van der Waals surface area contributed by atoms with Gasteiger partial charge < -0.3 is 0 Å². The normalized spacial score (nSPS) is 25.1. The Bertz CT molecular complexity index is 1410. The molecule has 4 aliphatic rings. The van der Waals surface area contributed by atoms with Crippen molar-refractivity contribution in [3.05, 3.63) is 166 Å². The van der Waals surface area contributed by atoms with Gasteiger partial charge in [0.05, 0.1) is 7.26 Å². The lowest BCUT2D eigenvalue weighted by Crippen LogP contribution is -2.21. The summed E-state index contributed by atoms with van der Waals surface area (Å²) in [6.45, 7) is 0. The molecule has 0 nitrogen and oxygen atoms in total. The van der Waals surface area contributed by atoms with Crippen molar-refractivity contribution in [2.24, 2.45) is 0 Å². The number of benzene rings is 4. The molecule has 4 aromatic rings. The van der Waals surface area contributed by atoms with Gasteiger partial charge in [0.1, 0.15) is 22.6 Å². The number of hydrogen-bond donors (Lipinski definition) is 0.